The van der Waals surface area contributed by atoms with Crippen molar-refractivity contribution in [2.75, 3.05) is 27.3 Å². The molecule has 1 aliphatic heterocycles. The number of thioether (sulfide) groups is 1. The number of likely N-dealkylation sites (N-methyl/N-ethyl adjacent to an activating group) is 1. The minimum Gasteiger partial charge on any atom is -0.497 e. The number of nitrogens with zero attached hydrogens (tertiary/aromatic N) is 2. The van der Waals surface area contributed by atoms with Gasteiger partial charge in [-0.25, -0.2) is 9.78 Å². The number of benzene rings is 1. The number of hydrogen-bond acceptors (Lipinski definition) is 7. The van der Waals surface area contributed by atoms with Crippen molar-refractivity contribution in [3.8, 4) is 5.75 Å². The fraction of sp³-hybridized carbons (Fsp3) is 0.368. The Morgan fingerprint density at radius 3 is 2.89 bits per heavy atom. The number of methoxy groups -OCH3 is 1. The number of hydrogen-bond donors (Lipinski definition) is 1. The van der Waals surface area contributed by atoms with E-state index in [1.807, 2.05) is 19.2 Å². The molecule has 1 atom stereocenters. The van der Waals surface area contributed by atoms with Crippen molar-refractivity contribution in [1.82, 2.24) is 9.88 Å². The largest absolute Gasteiger partial charge is 0.497 e. The Bertz CT molecular complexity index is 805. The monoisotopic (exact) mass is 405 g/mol. The summed E-state index contributed by atoms with van der Waals surface area (Å²) in [6.07, 6.45) is 2.24. The summed E-state index contributed by atoms with van der Waals surface area (Å²) in [5.41, 5.74) is 8.52. The van der Waals surface area contributed by atoms with Gasteiger partial charge in [0.2, 0.25) is 0 Å². The SMILES string of the molecule is COc1ccc(CSc2nc(C3=CCN(C)[C@H](COC(N)=O)C3)cs2)cc1. The number of aromatic nitrogens is 1. The zero-order valence-electron chi connectivity index (χ0n) is 15.4. The van der Waals surface area contributed by atoms with E-state index in [9.17, 15) is 4.79 Å². The predicted octanol–water partition coefficient (Wildman–Crippen LogP) is 3.63. The summed E-state index contributed by atoms with van der Waals surface area (Å²) in [7, 11) is 3.68. The first-order valence-corrected chi connectivity index (χ1v) is 10.4. The van der Waals surface area contributed by atoms with E-state index in [1.165, 1.54) is 11.1 Å². The Morgan fingerprint density at radius 2 is 2.19 bits per heavy atom. The minimum absolute atomic E-state index is 0.120. The summed E-state index contributed by atoms with van der Waals surface area (Å²) in [5, 5.41) is 2.10. The molecule has 2 aromatic rings. The summed E-state index contributed by atoms with van der Waals surface area (Å²) < 4.78 is 11.2. The first kappa shape index (κ1) is 19.7. The Morgan fingerprint density at radius 1 is 1.41 bits per heavy atom. The molecule has 8 heteroatoms. The number of ether oxygens (including phenoxy) is 2. The molecule has 0 saturated carbocycles. The van der Waals surface area contributed by atoms with E-state index in [1.54, 1.807) is 30.2 Å². The van der Waals surface area contributed by atoms with E-state index in [2.05, 4.69) is 28.5 Å². The lowest BCUT2D eigenvalue weighted by Gasteiger charge is -2.31. The summed E-state index contributed by atoms with van der Waals surface area (Å²) in [5.74, 6) is 1.73. The van der Waals surface area contributed by atoms with Crippen LogP contribution in [0.25, 0.3) is 5.57 Å². The Kier molecular flexibility index (Phi) is 6.76. The second-order valence-corrected chi connectivity index (χ2v) is 8.37. The van der Waals surface area contributed by atoms with Crippen molar-refractivity contribution < 1.29 is 14.3 Å². The molecule has 1 aliphatic rings. The molecule has 0 saturated heterocycles. The third-order valence-corrected chi connectivity index (χ3v) is 6.55. The third-order valence-electron chi connectivity index (χ3n) is 4.46. The van der Waals surface area contributed by atoms with Crippen molar-refractivity contribution in [1.29, 1.82) is 0 Å². The lowest BCUT2D eigenvalue weighted by Crippen LogP contribution is -2.39. The van der Waals surface area contributed by atoms with Crippen molar-refractivity contribution in [2.45, 2.75) is 22.6 Å². The molecule has 1 amide bonds. The van der Waals surface area contributed by atoms with Gasteiger partial charge in [0.25, 0.3) is 0 Å². The number of nitrogens with two attached hydrogens (primary N) is 1. The molecule has 1 aromatic heterocycles. The topological polar surface area (TPSA) is 77.7 Å². The quantitative estimate of drug-likeness (QED) is 0.709. The molecular weight excluding hydrogens is 382 g/mol. The van der Waals surface area contributed by atoms with Gasteiger partial charge >= 0.3 is 6.09 Å². The van der Waals surface area contributed by atoms with Crippen LogP contribution in [-0.4, -0.2) is 49.3 Å². The molecule has 0 radical (unpaired) electrons. The summed E-state index contributed by atoms with van der Waals surface area (Å²) >= 11 is 3.39. The highest BCUT2D eigenvalue weighted by Crippen LogP contribution is 2.32. The average Bonchev–Trinajstić information content (AvgIpc) is 3.15. The van der Waals surface area contributed by atoms with E-state index >= 15 is 0 Å². The molecule has 6 nitrogen and oxygen atoms in total. The van der Waals surface area contributed by atoms with Crippen molar-refractivity contribution in [3.05, 3.63) is 47.0 Å². The van der Waals surface area contributed by atoms with Crippen molar-refractivity contribution >= 4 is 34.8 Å². The van der Waals surface area contributed by atoms with Gasteiger partial charge in [-0.2, -0.15) is 0 Å². The first-order valence-electron chi connectivity index (χ1n) is 8.58. The van der Waals surface area contributed by atoms with Gasteiger partial charge in [-0.05, 0) is 36.7 Å². The number of amides is 1. The van der Waals surface area contributed by atoms with Gasteiger partial charge in [0.1, 0.15) is 12.4 Å². The normalized spacial score (nSPS) is 17.4. The number of primary amides is 1. The van der Waals surface area contributed by atoms with E-state index in [0.29, 0.717) is 6.61 Å². The van der Waals surface area contributed by atoms with Crippen LogP contribution in [0.3, 0.4) is 0 Å². The smallest absolute Gasteiger partial charge is 0.404 e. The second-order valence-electron chi connectivity index (χ2n) is 6.29. The zero-order chi connectivity index (χ0) is 19.2. The van der Waals surface area contributed by atoms with Gasteiger partial charge in [0, 0.05) is 23.7 Å². The first-order chi connectivity index (χ1) is 13.0. The Labute approximate surface area is 167 Å². The molecule has 0 bridgehead atoms. The minimum atomic E-state index is -0.731. The molecule has 1 aromatic carbocycles. The summed E-state index contributed by atoms with van der Waals surface area (Å²) in [6, 6.07) is 8.21. The summed E-state index contributed by atoms with van der Waals surface area (Å²) in [4.78, 5) is 17.8. The predicted molar refractivity (Wildman–Crippen MR) is 109 cm³/mol. The number of rotatable bonds is 7. The van der Waals surface area contributed by atoms with Crippen molar-refractivity contribution in [3.63, 3.8) is 0 Å². The molecule has 27 heavy (non-hydrogen) atoms. The maximum Gasteiger partial charge on any atom is 0.404 e. The van der Waals surface area contributed by atoms with Gasteiger partial charge in [0.05, 0.1) is 12.8 Å². The highest BCUT2D eigenvalue weighted by Gasteiger charge is 2.23. The maximum absolute atomic E-state index is 10.9. The standard InChI is InChI=1S/C19H23N3O3S2/c1-22-8-7-14(9-15(22)10-25-18(20)23)17-12-27-19(21-17)26-11-13-3-5-16(24-2)6-4-13/h3-7,12,15H,8-11H2,1-2H3,(H2,20,23)/t15-/m0/s1. The number of carbonyl (C=O) groups excluding carboxylic acids is 1. The third kappa shape index (κ3) is 5.47. The van der Waals surface area contributed by atoms with E-state index < -0.39 is 6.09 Å². The zero-order valence-corrected chi connectivity index (χ0v) is 17.0. The fourth-order valence-corrected chi connectivity index (χ4v) is 4.61. The highest BCUT2D eigenvalue weighted by atomic mass is 32.2. The number of thiazole rings is 1. The van der Waals surface area contributed by atoms with Crippen LogP contribution in [0.1, 0.15) is 17.7 Å². The highest BCUT2D eigenvalue weighted by molar-refractivity contribution is 8.00. The van der Waals surface area contributed by atoms with Gasteiger partial charge in [-0.1, -0.05) is 30.0 Å². The lowest BCUT2D eigenvalue weighted by atomic mass is 9.99. The molecule has 0 fully saturated rings. The average molecular weight is 406 g/mol. The van der Waals surface area contributed by atoms with Crippen LogP contribution in [0.5, 0.6) is 5.75 Å². The van der Waals surface area contributed by atoms with Crippen molar-refractivity contribution in [2.24, 2.45) is 5.73 Å². The Hall–Kier alpha value is -2.03. The van der Waals surface area contributed by atoms with Gasteiger partial charge in [-0.15, -0.1) is 11.3 Å². The Balaban J connectivity index is 1.58. The van der Waals surface area contributed by atoms with E-state index in [4.69, 9.17) is 20.2 Å². The van der Waals surface area contributed by atoms with E-state index in [-0.39, 0.29) is 6.04 Å². The van der Waals surface area contributed by atoms with Crippen LogP contribution in [0.15, 0.2) is 40.1 Å². The molecule has 0 spiro atoms. The summed E-state index contributed by atoms with van der Waals surface area (Å²) in [6.45, 7) is 1.10. The molecule has 0 aliphatic carbocycles. The molecule has 2 N–H and O–H groups in total. The molecule has 2 heterocycles. The van der Waals surface area contributed by atoms with Crippen LogP contribution in [0.2, 0.25) is 0 Å². The van der Waals surface area contributed by atoms with Crippen LogP contribution < -0.4 is 10.5 Å². The second kappa shape index (κ2) is 9.25. The van der Waals surface area contributed by atoms with Crippen LogP contribution in [0.4, 0.5) is 4.79 Å². The lowest BCUT2D eigenvalue weighted by molar-refractivity contribution is 0.112. The molecule has 0 unspecified atom stereocenters. The fourth-order valence-electron chi connectivity index (χ4n) is 2.81. The molecule has 3 rings (SSSR count). The van der Waals surface area contributed by atoms with Crippen LogP contribution >= 0.6 is 23.1 Å². The molecule has 144 valence electrons. The number of carbonyl (C=O) groups is 1. The van der Waals surface area contributed by atoms with E-state index in [0.717, 1.165) is 34.5 Å². The van der Waals surface area contributed by atoms with Gasteiger partial charge < -0.3 is 15.2 Å². The van der Waals surface area contributed by atoms with Gasteiger partial charge in [0.15, 0.2) is 4.34 Å². The van der Waals surface area contributed by atoms with Crippen LogP contribution in [0, 0.1) is 0 Å². The van der Waals surface area contributed by atoms with Crippen LogP contribution in [-0.2, 0) is 10.5 Å². The maximum atomic E-state index is 10.9. The van der Waals surface area contributed by atoms with Gasteiger partial charge in [-0.3, -0.25) is 4.90 Å². The molecular formula is C19H23N3O3S2.